The number of nitrogens with zero attached hydrogens (tertiary/aromatic N) is 2. The van der Waals surface area contributed by atoms with Gasteiger partial charge in [-0.15, -0.1) is 0 Å². The Labute approximate surface area is 184 Å². The highest BCUT2D eigenvalue weighted by Gasteiger charge is 2.10. The molecule has 0 saturated carbocycles. The standard InChI is InChI=1S/C25H20N4O3/c30-24(22-15-21(27-25(31)28-22)19-11-5-2-6-12-19)29-26-16-20-13-7-8-14-23(20)32-17-18-9-3-1-4-10-18/h1-16H,17H2,(H,29,30)(H,27,28,31)/b26-16+. The van der Waals surface area contributed by atoms with Crippen LogP contribution in [0.1, 0.15) is 21.6 Å². The zero-order valence-corrected chi connectivity index (χ0v) is 17.1. The molecule has 2 N–H and O–H groups in total. The molecular weight excluding hydrogens is 404 g/mol. The van der Waals surface area contributed by atoms with E-state index < -0.39 is 11.6 Å². The monoisotopic (exact) mass is 424 g/mol. The second-order valence-corrected chi connectivity index (χ2v) is 6.86. The number of hydrogen-bond acceptors (Lipinski definition) is 5. The van der Waals surface area contributed by atoms with Gasteiger partial charge in [-0.25, -0.2) is 10.2 Å². The van der Waals surface area contributed by atoms with Crippen LogP contribution in [-0.2, 0) is 6.61 Å². The van der Waals surface area contributed by atoms with E-state index in [4.69, 9.17) is 4.74 Å². The maximum Gasteiger partial charge on any atom is 0.346 e. The Balaban J connectivity index is 1.45. The van der Waals surface area contributed by atoms with Gasteiger partial charge in [0.1, 0.15) is 18.1 Å². The number of rotatable bonds is 7. The van der Waals surface area contributed by atoms with E-state index in [2.05, 4.69) is 20.5 Å². The maximum atomic E-state index is 12.5. The summed E-state index contributed by atoms with van der Waals surface area (Å²) in [4.78, 5) is 30.8. The number of hydrogen-bond donors (Lipinski definition) is 2. The molecule has 4 aromatic rings. The molecule has 3 aromatic carbocycles. The first kappa shape index (κ1) is 20.7. The fraction of sp³-hybridized carbons (Fsp3) is 0.0400. The number of para-hydroxylation sites is 1. The highest BCUT2D eigenvalue weighted by Crippen LogP contribution is 2.18. The molecule has 7 heteroatoms. The molecule has 0 atom stereocenters. The Hall–Kier alpha value is -4.52. The molecule has 4 rings (SSSR count). The Kier molecular flexibility index (Phi) is 6.48. The summed E-state index contributed by atoms with van der Waals surface area (Å²) in [6.45, 7) is 0.415. The van der Waals surface area contributed by atoms with Crippen molar-refractivity contribution in [2.75, 3.05) is 0 Å². The number of benzene rings is 3. The van der Waals surface area contributed by atoms with Crippen molar-refractivity contribution in [2.24, 2.45) is 5.10 Å². The van der Waals surface area contributed by atoms with E-state index in [0.29, 0.717) is 23.6 Å². The molecule has 0 bridgehead atoms. The lowest BCUT2D eigenvalue weighted by molar-refractivity contribution is 0.0949. The molecule has 0 radical (unpaired) electrons. The second-order valence-electron chi connectivity index (χ2n) is 6.86. The summed E-state index contributed by atoms with van der Waals surface area (Å²) in [5.74, 6) is 0.0821. The largest absolute Gasteiger partial charge is 0.488 e. The van der Waals surface area contributed by atoms with Crippen LogP contribution < -0.4 is 15.9 Å². The normalized spacial score (nSPS) is 10.8. The smallest absolute Gasteiger partial charge is 0.346 e. The average Bonchev–Trinajstić information content (AvgIpc) is 2.84. The lowest BCUT2D eigenvalue weighted by Crippen LogP contribution is -2.24. The first-order valence-electron chi connectivity index (χ1n) is 9.95. The number of carbonyl (C=O) groups excluding carboxylic acids is 1. The van der Waals surface area contributed by atoms with Gasteiger partial charge in [0.05, 0.1) is 11.9 Å². The van der Waals surface area contributed by atoms with Crippen molar-refractivity contribution in [1.82, 2.24) is 15.4 Å². The van der Waals surface area contributed by atoms with Gasteiger partial charge in [0.25, 0.3) is 5.91 Å². The number of nitrogens with one attached hydrogen (secondary N) is 2. The summed E-state index contributed by atoms with van der Waals surface area (Å²) in [6.07, 6.45) is 1.50. The van der Waals surface area contributed by atoms with Crippen molar-refractivity contribution in [3.05, 3.63) is 118 Å². The van der Waals surface area contributed by atoms with Crippen molar-refractivity contribution < 1.29 is 9.53 Å². The number of H-pyrrole nitrogens is 1. The van der Waals surface area contributed by atoms with Crippen molar-refractivity contribution in [1.29, 1.82) is 0 Å². The zero-order valence-electron chi connectivity index (χ0n) is 17.1. The van der Waals surface area contributed by atoms with E-state index in [1.54, 1.807) is 0 Å². The molecule has 0 aliphatic heterocycles. The van der Waals surface area contributed by atoms with E-state index in [1.807, 2.05) is 84.9 Å². The SMILES string of the molecule is O=C(N/N=C/c1ccccc1OCc1ccccc1)c1cc(-c2ccccc2)nc(=O)[nH]1. The molecule has 0 saturated heterocycles. The van der Waals surface area contributed by atoms with Gasteiger partial charge in [-0.1, -0.05) is 72.8 Å². The summed E-state index contributed by atoms with van der Waals surface area (Å²) in [5, 5.41) is 4.02. The van der Waals surface area contributed by atoms with Crippen LogP contribution in [0.5, 0.6) is 5.75 Å². The summed E-state index contributed by atoms with van der Waals surface area (Å²) >= 11 is 0. The van der Waals surface area contributed by atoms with Gasteiger partial charge in [0.15, 0.2) is 0 Å². The molecule has 1 amide bonds. The Bertz CT molecular complexity index is 1290. The van der Waals surface area contributed by atoms with Gasteiger partial charge in [-0.05, 0) is 23.8 Å². The number of amides is 1. The van der Waals surface area contributed by atoms with E-state index in [-0.39, 0.29) is 5.69 Å². The van der Waals surface area contributed by atoms with Crippen LogP contribution in [0.15, 0.2) is 101 Å². The molecule has 0 spiro atoms. The third kappa shape index (κ3) is 5.34. The summed E-state index contributed by atoms with van der Waals surface area (Å²) < 4.78 is 5.89. The van der Waals surface area contributed by atoms with Gasteiger partial charge in [-0.2, -0.15) is 10.1 Å². The number of aromatic nitrogens is 2. The maximum absolute atomic E-state index is 12.5. The average molecular weight is 424 g/mol. The predicted octanol–water partition coefficient (Wildman–Crippen LogP) is 3.78. The Morgan fingerprint density at radius 1 is 0.969 bits per heavy atom. The predicted molar refractivity (Wildman–Crippen MR) is 123 cm³/mol. The molecule has 158 valence electrons. The van der Waals surface area contributed by atoms with Crippen LogP contribution in [0.4, 0.5) is 0 Å². The molecule has 0 aliphatic rings. The molecule has 0 fully saturated rings. The third-order valence-corrected chi connectivity index (χ3v) is 4.58. The van der Waals surface area contributed by atoms with Crippen LogP contribution in [-0.4, -0.2) is 22.1 Å². The summed E-state index contributed by atoms with van der Waals surface area (Å²) in [6, 6.07) is 27.9. The first-order valence-corrected chi connectivity index (χ1v) is 9.95. The van der Waals surface area contributed by atoms with Crippen molar-refractivity contribution in [3.8, 4) is 17.0 Å². The Morgan fingerprint density at radius 2 is 1.66 bits per heavy atom. The lowest BCUT2D eigenvalue weighted by Gasteiger charge is -2.09. The first-order chi connectivity index (χ1) is 15.7. The van der Waals surface area contributed by atoms with Crippen LogP contribution in [0.3, 0.4) is 0 Å². The third-order valence-electron chi connectivity index (χ3n) is 4.58. The van der Waals surface area contributed by atoms with Crippen LogP contribution in [0, 0.1) is 0 Å². The van der Waals surface area contributed by atoms with Gasteiger partial charge in [0.2, 0.25) is 0 Å². The fourth-order valence-electron chi connectivity index (χ4n) is 3.01. The molecule has 0 aliphatic carbocycles. The molecule has 7 nitrogen and oxygen atoms in total. The van der Waals surface area contributed by atoms with E-state index >= 15 is 0 Å². The van der Waals surface area contributed by atoms with Gasteiger partial charge in [0, 0.05) is 11.1 Å². The van der Waals surface area contributed by atoms with Crippen molar-refractivity contribution >= 4 is 12.1 Å². The summed E-state index contributed by atoms with van der Waals surface area (Å²) in [7, 11) is 0. The van der Waals surface area contributed by atoms with Crippen molar-refractivity contribution in [3.63, 3.8) is 0 Å². The minimum atomic E-state index is -0.611. The highest BCUT2D eigenvalue weighted by molar-refractivity contribution is 5.94. The van der Waals surface area contributed by atoms with Gasteiger partial charge < -0.3 is 9.72 Å². The van der Waals surface area contributed by atoms with E-state index in [1.165, 1.54) is 12.3 Å². The topological polar surface area (TPSA) is 96.4 Å². The molecule has 1 aromatic heterocycles. The van der Waals surface area contributed by atoms with Gasteiger partial charge >= 0.3 is 5.69 Å². The fourth-order valence-corrected chi connectivity index (χ4v) is 3.01. The highest BCUT2D eigenvalue weighted by atomic mass is 16.5. The zero-order chi connectivity index (χ0) is 22.2. The van der Waals surface area contributed by atoms with Gasteiger partial charge in [-0.3, -0.25) is 4.79 Å². The number of aromatic amines is 1. The minimum Gasteiger partial charge on any atom is -0.488 e. The number of carbonyl (C=O) groups is 1. The molecule has 1 heterocycles. The second kappa shape index (κ2) is 9.99. The number of ether oxygens (including phenoxy) is 1. The van der Waals surface area contributed by atoms with Crippen molar-refractivity contribution in [2.45, 2.75) is 6.61 Å². The minimum absolute atomic E-state index is 0.0645. The van der Waals surface area contributed by atoms with Crippen LogP contribution in [0.25, 0.3) is 11.3 Å². The van der Waals surface area contributed by atoms with E-state index in [0.717, 1.165) is 11.1 Å². The van der Waals surface area contributed by atoms with Crippen LogP contribution >= 0.6 is 0 Å². The molecule has 32 heavy (non-hydrogen) atoms. The molecular formula is C25H20N4O3. The molecule has 0 unspecified atom stereocenters. The lowest BCUT2D eigenvalue weighted by atomic mass is 10.1. The quantitative estimate of drug-likeness (QED) is 0.349. The summed E-state index contributed by atoms with van der Waals surface area (Å²) in [5.41, 5.74) is 4.78. The van der Waals surface area contributed by atoms with Crippen LogP contribution in [0.2, 0.25) is 0 Å². The number of hydrazone groups is 1. The van der Waals surface area contributed by atoms with E-state index in [9.17, 15) is 9.59 Å². The Morgan fingerprint density at radius 3 is 2.44 bits per heavy atom.